The number of rotatable bonds is 3. The fourth-order valence-electron chi connectivity index (χ4n) is 3.05. The van der Waals surface area contributed by atoms with Gasteiger partial charge >= 0.3 is 12.4 Å². The van der Waals surface area contributed by atoms with Gasteiger partial charge in [-0.15, -0.1) is 23.2 Å². The van der Waals surface area contributed by atoms with E-state index in [9.17, 15) is 26.3 Å². The van der Waals surface area contributed by atoms with Gasteiger partial charge in [0.1, 0.15) is 0 Å². The summed E-state index contributed by atoms with van der Waals surface area (Å²) in [5.41, 5.74) is -3.96. The molecule has 20 heavy (non-hydrogen) atoms. The molecule has 0 aromatic rings. The minimum atomic E-state index is -5.48. The van der Waals surface area contributed by atoms with E-state index in [1.807, 2.05) is 0 Å². The molecule has 1 heterocycles. The zero-order valence-electron chi connectivity index (χ0n) is 9.86. The van der Waals surface area contributed by atoms with Gasteiger partial charge in [-0.3, -0.25) is 5.32 Å². The quantitative estimate of drug-likeness (QED) is 0.627. The molecular formula is C10H11Cl2F6NO. The average Bonchev–Trinajstić information content (AvgIpc) is 2.75. The van der Waals surface area contributed by atoms with Crippen LogP contribution in [0.1, 0.15) is 6.42 Å². The van der Waals surface area contributed by atoms with Crippen molar-refractivity contribution in [2.45, 2.75) is 41.8 Å². The summed E-state index contributed by atoms with van der Waals surface area (Å²) < 4.78 is 83.3. The van der Waals surface area contributed by atoms with E-state index >= 15 is 0 Å². The van der Waals surface area contributed by atoms with Gasteiger partial charge in [0.25, 0.3) is 0 Å². The molecule has 1 unspecified atom stereocenters. The molecule has 118 valence electrons. The number of piperidine rings is 1. The molecule has 0 aromatic heterocycles. The van der Waals surface area contributed by atoms with Crippen LogP contribution >= 0.6 is 23.2 Å². The Morgan fingerprint density at radius 3 is 2.05 bits per heavy atom. The van der Waals surface area contributed by atoms with Crippen molar-refractivity contribution in [1.29, 1.82) is 0 Å². The van der Waals surface area contributed by atoms with Crippen LogP contribution in [0, 0.1) is 5.92 Å². The van der Waals surface area contributed by atoms with Crippen molar-refractivity contribution in [2.24, 2.45) is 5.92 Å². The molecule has 1 aliphatic heterocycles. The number of alkyl halides is 8. The van der Waals surface area contributed by atoms with Gasteiger partial charge < -0.3 is 4.74 Å². The normalized spacial score (nSPS) is 36.6. The molecule has 10 heteroatoms. The van der Waals surface area contributed by atoms with Crippen LogP contribution in [0.3, 0.4) is 0 Å². The van der Waals surface area contributed by atoms with E-state index < -0.39 is 47.8 Å². The first-order valence-electron chi connectivity index (χ1n) is 5.79. The molecule has 2 fully saturated rings. The van der Waals surface area contributed by atoms with Gasteiger partial charge in [0.05, 0.1) is 24.1 Å². The summed E-state index contributed by atoms with van der Waals surface area (Å²) in [5, 5.41) is 0.350. The molecule has 4 atom stereocenters. The summed E-state index contributed by atoms with van der Waals surface area (Å²) in [7, 11) is 0. The van der Waals surface area contributed by atoms with Gasteiger partial charge in [0, 0.05) is 11.8 Å². The minimum absolute atomic E-state index is 0.0474. The Bertz CT molecular complexity index is 360. The topological polar surface area (TPSA) is 21.3 Å². The van der Waals surface area contributed by atoms with Gasteiger partial charge in [-0.05, 0) is 6.42 Å². The highest BCUT2D eigenvalue weighted by atomic mass is 35.5. The van der Waals surface area contributed by atoms with Crippen LogP contribution in [0.15, 0.2) is 0 Å². The smallest absolute Gasteiger partial charge is 0.375 e. The van der Waals surface area contributed by atoms with E-state index in [0.29, 0.717) is 0 Å². The Kier molecular flexibility index (Phi) is 4.17. The molecule has 2 aliphatic rings. The first kappa shape index (κ1) is 16.5. The maximum atomic E-state index is 13.0. The van der Waals surface area contributed by atoms with Crippen LogP contribution < -0.4 is 5.32 Å². The lowest BCUT2D eigenvalue weighted by Crippen LogP contribution is -2.70. The highest BCUT2D eigenvalue weighted by molar-refractivity contribution is 6.22. The van der Waals surface area contributed by atoms with Crippen LogP contribution in [0.25, 0.3) is 0 Å². The van der Waals surface area contributed by atoms with Crippen molar-refractivity contribution in [1.82, 2.24) is 5.32 Å². The second kappa shape index (κ2) is 5.07. The van der Waals surface area contributed by atoms with E-state index in [1.54, 1.807) is 5.32 Å². The van der Waals surface area contributed by atoms with Crippen LogP contribution in [-0.2, 0) is 4.74 Å². The average molecular weight is 346 g/mol. The van der Waals surface area contributed by atoms with Crippen molar-refractivity contribution < 1.29 is 31.1 Å². The molecule has 0 aromatic carbocycles. The van der Waals surface area contributed by atoms with Gasteiger partial charge in [-0.2, -0.15) is 26.3 Å². The molecule has 0 spiro atoms. The standard InChI is InChI=1S/C10H11Cl2F6NO/c11-1-2-20-5-3-4-6(12)7(5)19-8(4,9(13,14)15)10(16,17)18/h4-7,19H,1-3H2/t4-,5-,6?,7+/m1/s1. The largest absolute Gasteiger partial charge is 0.415 e. The predicted octanol–water partition coefficient (Wildman–Crippen LogP) is 3.07. The van der Waals surface area contributed by atoms with Gasteiger partial charge in [-0.1, -0.05) is 0 Å². The van der Waals surface area contributed by atoms with Crippen molar-refractivity contribution >= 4 is 23.2 Å². The predicted molar refractivity (Wildman–Crippen MR) is 60.0 cm³/mol. The number of hydrogen-bond donors (Lipinski definition) is 1. The summed E-state index contributed by atoms with van der Waals surface area (Å²) in [4.78, 5) is 0. The fourth-order valence-corrected chi connectivity index (χ4v) is 3.66. The lowest BCUT2D eigenvalue weighted by atomic mass is 9.82. The zero-order valence-corrected chi connectivity index (χ0v) is 11.4. The maximum Gasteiger partial charge on any atom is 0.415 e. The molecule has 2 nitrogen and oxygen atoms in total. The van der Waals surface area contributed by atoms with E-state index in [1.165, 1.54) is 0 Å². The molecule has 1 saturated carbocycles. The van der Waals surface area contributed by atoms with E-state index in [0.717, 1.165) is 0 Å². The van der Waals surface area contributed by atoms with E-state index in [4.69, 9.17) is 27.9 Å². The molecular weight excluding hydrogens is 335 g/mol. The van der Waals surface area contributed by atoms with Gasteiger partial charge in [0.15, 0.2) is 0 Å². The third kappa shape index (κ3) is 2.19. The lowest BCUT2D eigenvalue weighted by molar-refractivity contribution is -0.321. The molecule has 2 rings (SSSR count). The number of nitrogens with one attached hydrogen (secondary N) is 1. The summed E-state index contributed by atoms with van der Waals surface area (Å²) in [6.07, 6.45) is -12.1. The molecule has 1 N–H and O–H groups in total. The molecule has 1 saturated heterocycles. The van der Waals surface area contributed by atoms with E-state index in [2.05, 4.69) is 0 Å². The molecule has 0 amide bonds. The third-order valence-electron chi connectivity index (χ3n) is 3.87. The summed E-state index contributed by atoms with van der Waals surface area (Å²) >= 11 is 11.2. The third-order valence-corrected chi connectivity index (χ3v) is 4.60. The van der Waals surface area contributed by atoms with Crippen LogP contribution in [-0.4, -0.2) is 47.9 Å². The monoisotopic (exact) mass is 345 g/mol. The van der Waals surface area contributed by atoms with E-state index in [-0.39, 0.29) is 12.5 Å². The Balaban J connectivity index is 2.29. The Morgan fingerprint density at radius 2 is 1.70 bits per heavy atom. The summed E-state index contributed by atoms with van der Waals surface area (Å²) in [6.45, 7) is 0.0474. The zero-order chi connectivity index (χ0) is 15.3. The highest BCUT2D eigenvalue weighted by Crippen LogP contribution is 2.58. The highest BCUT2D eigenvalue weighted by Gasteiger charge is 2.81. The second-order valence-electron chi connectivity index (χ2n) is 4.86. The van der Waals surface area contributed by atoms with Crippen molar-refractivity contribution in [2.75, 3.05) is 12.5 Å². The fraction of sp³-hybridized carbons (Fsp3) is 1.00. The Morgan fingerprint density at radius 1 is 1.15 bits per heavy atom. The number of fused-ring (bicyclic) bond motifs is 2. The Labute approximate surface area is 120 Å². The van der Waals surface area contributed by atoms with Crippen molar-refractivity contribution in [3.05, 3.63) is 0 Å². The summed E-state index contributed by atoms with van der Waals surface area (Å²) in [5.74, 6) is -1.71. The van der Waals surface area contributed by atoms with Gasteiger partial charge in [0.2, 0.25) is 5.54 Å². The SMILES string of the molecule is FC(F)(F)C1(C(F)(F)F)N[C@@H]2C(Cl)[C@H]1C[C@H]2OCCCl. The number of hydrogen-bond acceptors (Lipinski definition) is 2. The number of ether oxygens (including phenoxy) is 1. The second-order valence-corrected chi connectivity index (χ2v) is 5.74. The lowest BCUT2D eigenvalue weighted by Gasteiger charge is -2.42. The summed E-state index contributed by atoms with van der Waals surface area (Å²) in [6, 6.07) is -1.20. The van der Waals surface area contributed by atoms with Crippen LogP contribution in [0.4, 0.5) is 26.3 Å². The van der Waals surface area contributed by atoms with Crippen molar-refractivity contribution in [3.63, 3.8) is 0 Å². The minimum Gasteiger partial charge on any atom is -0.375 e. The molecule has 2 bridgehead atoms. The maximum absolute atomic E-state index is 13.0. The molecule has 0 radical (unpaired) electrons. The molecule has 1 aliphatic carbocycles. The number of halogens is 8. The van der Waals surface area contributed by atoms with Gasteiger partial charge in [-0.25, -0.2) is 0 Å². The Hall–Kier alpha value is 0.0800. The van der Waals surface area contributed by atoms with Crippen molar-refractivity contribution in [3.8, 4) is 0 Å². The first-order valence-corrected chi connectivity index (χ1v) is 6.76. The first-order chi connectivity index (χ1) is 9.06. The van der Waals surface area contributed by atoms with Crippen LogP contribution in [0.5, 0.6) is 0 Å². The van der Waals surface area contributed by atoms with Crippen LogP contribution in [0.2, 0.25) is 0 Å².